The lowest BCUT2D eigenvalue weighted by atomic mass is 9.91. The maximum atomic E-state index is 13.3. The second-order valence-electron chi connectivity index (χ2n) is 8.05. The van der Waals surface area contributed by atoms with Crippen LogP contribution in [0.2, 0.25) is 0 Å². The van der Waals surface area contributed by atoms with Gasteiger partial charge in [-0.25, -0.2) is 0 Å². The fourth-order valence-corrected chi connectivity index (χ4v) is 4.23. The van der Waals surface area contributed by atoms with Crippen molar-refractivity contribution in [3.8, 4) is 5.75 Å². The quantitative estimate of drug-likeness (QED) is 0.199. The molecule has 2 unspecified atom stereocenters. The standard InChI is InChI=1S/C23H29N5O4/c24-21(31)18-8-4-12-28(18)22(32)15(6-3-11-27-23(25)26)13-19(29)17-10-9-14-5-1-2-7-16(14)20(17)30/h1-2,5,7,9-10,15,18,30H,3-4,6,8,11-13H2,(H2,24,31)(H4,25,26,27). The molecule has 1 aliphatic heterocycles. The minimum atomic E-state index is -0.678. The molecule has 1 aliphatic rings. The summed E-state index contributed by atoms with van der Waals surface area (Å²) < 4.78 is 0. The van der Waals surface area contributed by atoms with Gasteiger partial charge in [-0.05, 0) is 37.1 Å². The zero-order valence-electron chi connectivity index (χ0n) is 17.9. The maximum Gasteiger partial charge on any atom is 0.240 e. The Bertz CT molecular complexity index is 1050. The minimum absolute atomic E-state index is 0.0432. The van der Waals surface area contributed by atoms with Crippen molar-refractivity contribution in [3.63, 3.8) is 0 Å². The van der Waals surface area contributed by atoms with Crippen LogP contribution in [0.5, 0.6) is 5.75 Å². The molecule has 2 aromatic rings. The summed E-state index contributed by atoms with van der Waals surface area (Å²) in [6.45, 7) is 0.743. The number of nitrogens with zero attached hydrogens (tertiary/aromatic N) is 2. The van der Waals surface area contributed by atoms with Crippen LogP contribution >= 0.6 is 0 Å². The second-order valence-corrected chi connectivity index (χ2v) is 8.05. The van der Waals surface area contributed by atoms with Crippen molar-refractivity contribution in [3.05, 3.63) is 42.0 Å². The zero-order chi connectivity index (χ0) is 23.3. The first-order chi connectivity index (χ1) is 15.3. The number of primary amides is 1. The van der Waals surface area contributed by atoms with Gasteiger partial charge in [0.1, 0.15) is 11.8 Å². The van der Waals surface area contributed by atoms with E-state index >= 15 is 0 Å². The normalized spacial score (nSPS) is 16.6. The molecule has 2 atom stereocenters. The number of carbonyl (C=O) groups is 3. The van der Waals surface area contributed by atoms with Gasteiger partial charge in [0.2, 0.25) is 11.8 Å². The van der Waals surface area contributed by atoms with Crippen molar-refractivity contribution in [1.29, 1.82) is 0 Å². The second kappa shape index (κ2) is 10.1. The number of hydrogen-bond donors (Lipinski definition) is 4. The van der Waals surface area contributed by atoms with Crippen LogP contribution in [-0.2, 0) is 9.59 Å². The Hall–Kier alpha value is -3.62. The Morgan fingerprint density at radius 3 is 2.59 bits per heavy atom. The van der Waals surface area contributed by atoms with Gasteiger partial charge in [0.25, 0.3) is 0 Å². The SMILES string of the molecule is NC(=O)C1CCCN1C(=O)C(CCCN=C(N)N)CC(=O)c1ccc2ccccc2c1O. The topological polar surface area (TPSA) is 165 Å². The van der Waals surface area contributed by atoms with E-state index < -0.39 is 17.9 Å². The van der Waals surface area contributed by atoms with Gasteiger partial charge in [0.05, 0.1) is 5.56 Å². The van der Waals surface area contributed by atoms with Crippen molar-refractivity contribution in [1.82, 2.24) is 4.90 Å². The number of guanidine groups is 1. The molecule has 0 spiro atoms. The number of phenolic OH excluding ortho intramolecular Hbond substituents is 1. The number of rotatable bonds is 9. The van der Waals surface area contributed by atoms with Crippen LogP contribution in [0.3, 0.4) is 0 Å². The molecule has 170 valence electrons. The monoisotopic (exact) mass is 439 g/mol. The lowest BCUT2D eigenvalue weighted by molar-refractivity contribution is -0.140. The molecule has 0 radical (unpaired) electrons. The van der Waals surface area contributed by atoms with E-state index in [4.69, 9.17) is 17.2 Å². The van der Waals surface area contributed by atoms with Crippen molar-refractivity contribution in [2.45, 2.75) is 38.1 Å². The highest BCUT2D eigenvalue weighted by molar-refractivity contribution is 6.06. The molecule has 7 N–H and O–H groups in total. The van der Waals surface area contributed by atoms with Crippen LogP contribution in [0.15, 0.2) is 41.4 Å². The van der Waals surface area contributed by atoms with Gasteiger partial charge in [-0.2, -0.15) is 0 Å². The lowest BCUT2D eigenvalue weighted by Crippen LogP contribution is -2.46. The molecule has 0 saturated carbocycles. The predicted molar refractivity (Wildman–Crippen MR) is 122 cm³/mol. The van der Waals surface area contributed by atoms with Gasteiger partial charge >= 0.3 is 0 Å². The van der Waals surface area contributed by atoms with E-state index in [0.717, 1.165) is 5.39 Å². The largest absolute Gasteiger partial charge is 0.507 e. The number of amides is 2. The number of aliphatic imine (C=N–C) groups is 1. The Labute approximate surface area is 186 Å². The molecule has 2 aromatic carbocycles. The lowest BCUT2D eigenvalue weighted by Gasteiger charge is -2.27. The van der Waals surface area contributed by atoms with Crippen molar-refractivity contribution in [2.24, 2.45) is 28.1 Å². The molecule has 3 rings (SSSR count). The molecule has 0 aliphatic carbocycles. The fraction of sp³-hybridized carbons (Fsp3) is 0.391. The zero-order valence-corrected chi connectivity index (χ0v) is 17.9. The first-order valence-electron chi connectivity index (χ1n) is 10.7. The summed E-state index contributed by atoms with van der Waals surface area (Å²) in [6.07, 6.45) is 1.94. The summed E-state index contributed by atoms with van der Waals surface area (Å²) in [5.74, 6) is -2.00. The summed E-state index contributed by atoms with van der Waals surface area (Å²) in [6, 6.07) is 9.89. The first kappa shape index (κ1) is 23.1. The van der Waals surface area contributed by atoms with E-state index in [9.17, 15) is 19.5 Å². The Morgan fingerprint density at radius 2 is 1.88 bits per heavy atom. The Morgan fingerprint density at radius 1 is 1.12 bits per heavy atom. The van der Waals surface area contributed by atoms with E-state index in [0.29, 0.717) is 44.2 Å². The molecule has 9 heteroatoms. The van der Waals surface area contributed by atoms with Crippen LogP contribution in [0.25, 0.3) is 10.8 Å². The van der Waals surface area contributed by atoms with Crippen LogP contribution in [-0.4, -0.2) is 52.7 Å². The highest BCUT2D eigenvalue weighted by atomic mass is 16.3. The number of hydrogen-bond acceptors (Lipinski definition) is 5. The molecule has 0 bridgehead atoms. The molecule has 1 fully saturated rings. The average molecular weight is 440 g/mol. The summed E-state index contributed by atoms with van der Waals surface area (Å²) in [5, 5.41) is 12.0. The third kappa shape index (κ3) is 5.16. The van der Waals surface area contributed by atoms with Gasteiger partial charge < -0.3 is 27.2 Å². The van der Waals surface area contributed by atoms with E-state index in [1.807, 2.05) is 12.1 Å². The number of Topliss-reactive ketones (excluding diaryl/α,β-unsaturated/α-hetero) is 1. The molecular formula is C23H29N5O4. The number of nitrogens with two attached hydrogens (primary N) is 3. The summed E-state index contributed by atoms with van der Waals surface area (Å²) >= 11 is 0. The van der Waals surface area contributed by atoms with Gasteiger partial charge in [0.15, 0.2) is 11.7 Å². The number of fused-ring (bicyclic) bond motifs is 1. The molecule has 0 aromatic heterocycles. The minimum Gasteiger partial charge on any atom is -0.507 e. The van der Waals surface area contributed by atoms with Gasteiger partial charge in [-0.15, -0.1) is 0 Å². The van der Waals surface area contributed by atoms with Gasteiger partial charge in [-0.1, -0.05) is 30.3 Å². The third-order valence-corrected chi connectivity index (χ3v) is 5.85. The number of likely N-dealkylation sites (tertiary alicyclic amines) is 1. The highest BCUT2D eigenvalue weighted by Gasteiger charge is 2.36. The number of carbonyl (C=O) groups excluding carboxylic acids is 3. The predicted octanol–water partition coefficient (Wildman–Crippen LogP) is 1.26. The van der Waals surface area contributed by atoms with Gasteiger partial charge in [0, 0.05) is 30.8 Å². The molecule has 32 heavy (non-hydrogen) atoms. The average Bonchev–Trinajstić information content (AvgIpc) is 3.26. The first-order valence-corrected chi connectivity index (χ1v) is 10.7. The van der Waals surface area contributed by atoms with Crippen LogP contribution in [0.1, 0.15) is 42.5 Å². The van der Waals surface area contributed by atoms with E-state index in [2.05, 4.69) is 4.99 Å². The number of phenols is 1. The number of aromatic hydroxyl groups is 1. The molecular weight excluding hydrogens is 410 g/mol. The van der Waals surface area contributed by atoms with Crippen molar-refractivity contribution >= 4 is 34.3 Å². The highest BCUT2D eigenvalue weighted by Crippen LogP contribution is 2.31. The van der Waals surface area contributed by atoms with E-state index in [-0.39, 0.29) is 35.4 Å². The summed E-state index contributed by atoms with van der Waals surface area (Å²) in [7, 11) is 0. The number of benzene rings is 2. The van der Waals surface area contributed by atoms with Crippen molar-refractivity contribution in [2.75, 3.05) is 13.1 Å². The Balaban J connectivity index is 1.82. The smallest absolute Gasteiger partial charge is 0.240 e. The Kier molecular flexibility index (Phi) is 7.29. The van der Waals surface area contributed by atoms with E-state index in [1.54, 1.807) is 24.3 Å². The molecule has 1 saturated heterocycles. The van der Waals surface area contributed by atoms with Crippen molar-refractivity contribution < 1.29 is 19.5 Å². The van der Waals surface area contributed by atoms with Crippen LogP contribution in [0, 0.1) is 5.92 Å². The summed E-state index contributed by atoms with van der Waals surface area (Å²) in [4.78, 5) is 43.5. The molecule has 2 amide bonds. The van der Waals surface area contributed by atoms with Gasteiger partial charge in [-0.3, -0.25) is 19.4 Å². The molecule has 9 nitrogen and oxygen atoms in total. The number of ketones is 1. The summed E-state index contributed by atoms with van der Waals surface area (Å²) in [5.41, 5.74) is 16.3. The third-order valence-electron chi connectivity index (χ3n) is 5.85. The molecule has 1 heterocycles. The van der Waals surface area contributed by atoms with Crippen LogP contribution < -0.4 is 17.2 Å². The van der Waals surface area contributed by atoms with E-state index in [1.165, 1.54) is 4.90 Å². The maximum absolute atomic E-state index is 13.3. The van der Waals surface area contributed by atoms with Crippen LogP contribution in [0.4, 0.5) is 0 Å². The fourth-order valence-electron chi connectivity index (χ4n) is 4.23.